The Morgan fingerprint density at radius 3 is 2.32 bits per heavy atom. The maximum atomic E-state index is 13.3. The average molecular weight is 512 g/mol. The van der Waals surface area contributed by atoms with E-state index < -0.39 is 0 Å². The molecule has 1 saturated heterocycles. The Morgan fingerprint density at radius 1 is 1.09 bits per heavy atom. The third-order valence-corrected chi connectivity index (χ3v) is 8.83. The number of benzene rings is 1. The molecule has 4 fully saturated rings. The summed E-state index contributed by atoms with van der Waals surface area (Å²) in [5.41, 5.74) is -0.418. The normalized spacial score (nSPS) is 31.2. The van der Waals surface area contributed by atoms with E-state index >= 15 is 0 Å². The first kappa shape index (κ1) is 25.5. The zero-order chi connectivity index (χ0) is 24.3. The number of hydrogen-bond acceptors (Lipinski definition) is 5. The van der Waals surface area contributed by atoms with Crippen molar-refractivity contribution in [2.45, 2.75) is 75.4 Å². The smallest absolute Gasteiger partial charge is 0.258 e. The molecular formula is C25H35Cl2N3O4. The standard InChI is InChI=1S/C25H35Cl2N3O4/c1-2-30-12-5-17(15-31)13-21(30)23(33)29-25-9-6-24(7-10-25,8-11-25)28-22(32)16-34-18-3-4-19(26)20(27)14-18/h3-4,14,17,21,31H,2,5-13,15-16H2,1H3,(H,28,32)(H,29,33). The van der Waals surface area contributed by atoms with Gasteiger partial charge in [-0.3, -0.25) is 14.5 Å². The summed E-state index contributed by atoms with van der Waals surface area (Å²) in [4.78, 5) is 28.1. The number of fused-ring (bicyclic) bond motifs is 3. The highest BCUT2D eigenvalue weighted by Crippen LogP contribution is 2.47. The minimum Gasteiger partial charge on any atom is -0.484 e. The van der Waals surface area contributed by atoms with Crippen molar-refractivity contribution in [3.8, 4) is 5.75 Å². The second-order valence-corrected chi connectivity index (χ2v) is 11.0. The molecule has 0 aromatic heterocycles. The summed E-state index contributed by atoms with van der Waals surface area (Å²) in [6, 6.07) is 4.76. The molecule has 1 aliphatic heterocycles. The van der Waals surface area contributed by atoms with E-state index in [0.717, 1.165) is 58.0 Å². The number of amides is 2. The van der Waals surface area contributed by atoms with Crippen molar-refractivity contribution in [2.75, 3.05) is 26.3 Å². The number of piperidine rings is 1. The summed E-state index contributed by atoms with van der Waals surface area (Å²) in [5, 5.41) is 17.0. The van der Waals surface area contributed by atoms with E-state index in [4.69, 9.17) is 27.9 Å². The van der Waals surface area contributed by atoms with Crippen LogP contribution in [0.3, 0.4) is 0 Å². The van der Waals surface area contributed by atoms with Crippen molar-refractivity contribution in [1.29, 1.82) is 0 Å². The fourth-order valence-electron chi connectivity index (χ4n) is 5.86. The topological polar surface area (TPSA) is 90.9 Å². The lowest BCUT2D eigenvalue weighted by atomic mass is 9.61. The van der Waals surface area contributed by atoms with Gasteiger partial charge in [0.05, 0.1) is 16.1 Å². The molecule has 3 aliphatic carbocycles. The molecule has 0 spiro atoms. The Labute approximate surface area is 211 Å². The molecule has 34 heavy (non-hydrogen) atoms. The molecule has 9 heteroatoms. The van der Waals surface area contributed by atoms with E-state index in [1.165, 1.54) is 0 Å². The highest BCUT2D eigenvalue weighted by molar-refractivity contribution is 6.42. The lowest BCUT2D eigenvalue weighted by Gasteiger charge is -2.54. The third-order valence-electron chi connectivity index (χ3n) is 8.09. The largest absolute Gasteiger partial charge is 0.484 e. The monoisotopic (exact) mass is 511 g/mol. The number of aliphatic hydroxyl groups excluding tert-OH is 1. The van der Waals surface area contributed by atoms with Crippen LogP contribution >= 0.6 is 23.2 Å². The van der Waals surface area contributed by atoms with Crippen molar-refractivity contribution < 1.29 is 19.4 Å². The zero-order valence-electron chi connectivity index (χ0n) is 19.7. The number of aliphatic hydroxyl groups is 1. The maximum Gasteiger partial charge on any atom is 0.258 e. The van der Waals surface area contributed by atoms with E-state index in [1.807, 2.05) is 0 Å². The molecule has 2 bridgehead atoms. The molecule has 2 unspecified atom stereocenters. The first-order valence-corrected chi connectivity index (χ1v) is 13.1. The molecule has 7 nitrogen and oxygen atoms in total. The van der Waals surface area contributed by atoms with Crippen molar-refractivity contribution in [3.63, 3.8) is 0 Å². The van der Waals surface area contributed by atoms with Crippen LogP contribution in [-0.2, 0) is 9.59 Å². The quantitative estimate of drug-likeness (QED) is 0.496. The minimum atomic E-state index is -0.229. The Hall–Kier alpha value is -1.54. The van der Waals surface area contributed by atoms with Gasteiger partial charge in [-0.25, -0.2) is 0 Å². The van der Waals surface area contributed by atoms with Gasteiger partial charge in [0, 0.05) is 23.8 Å². The lowest BCUT2D eigenvalue weighted by Crippen LogP contribution is -2.66. The van der Waals surface area contributed by atoms with Crippen molar-refractivity contribution in [2.24, 2.45) is 5.92 Å². The first-order chi connectivity index (χ1) is 16.3. The van der Waals surface area contributed by atoms with Crippen LogP contribution in [0.5, 0.6) is 5.75 Å². The van der Waals surface area contributed by atoms with Gasteiger partial charge in [0.15, 0.2) is 6.61 Å². The first-order valence-electron chi connectivity index (χ1n) is 12.3. The number of hydrogen-bond donors (Lipinski definition) is 3. The van der Waals surface area contributed by atoms with Gasteiger partial charge in [0.2, 0.25) is 5.91 Å². The molecule has 4 aliphatic rings. The molecule has 1 heterocycles. The third kappa shape index (κ3) is 5.64. The molecule has 2 atom stereocenters. The predicted molar refractivity (Wildman–Crippen MR) is 132 cm³/mol. The van der Waals surface area contributed by atoms with E-state index in [-0.39, 0.29) is 48.1 Å². The van der Waals surface area contributed by atoms with E-state index in [2.05, 4.69) is 22.5 Å². The fraction of sp³-hybridized carbons (Fsp3) is 0.680. The van der Waals surface area contributed by atoms with E-state index in [9.17, 15) is 14.7 Å². The number of carbonyl (C=O) groups is 2. The van der Waals surface area contributed by atoms with Crippen LogP contribution in [0.1, 0.15) is 58.3 Å². The van der Waals surface area contributed by atoms with Crippen LogP contribution in [0.2, 0.25) is 10.0 Å². The van der Waals surface area contributed by atoms with Gasteiger partial charge in [-0.05, 0) is 82.5 Å². The number of likely N-dealkylation sites (N-methyl/N-ethyl adjacent to an activating group) is 1. The van der Waals surface area contributed by atoms with E-state index in [1.54, 1.807) is 18.2 Å². The number of rotatable bonds is 8. The Morgan fingerprint density at radius 2 is 1.74 bits per heavy atom. The van der Waals surface area contributed by atoms with Crippen LogP contribution in [0, 0.1) is 5.92 Å². The maximum absolute atomic E-state index is 13.3. The Bertz CT molecular complexity index is 888. The summed E-state index contributed by atoms with van der Waals surface area (Å²) in [6.07, 6.45) is 6.74. The van der Waals surface area contributed by atoms with Gasteiger partial charge in [-0.2, -0.15) is 0 Å². The summed E-state index contributed by atoms with van der Waals surface area (Å²) < 4.78 is 5.59. The minimum absolute atomic E-state index is 0.0812. The van der Waals surface area contributed by atoms with Crippen molar-refractivity contribution >= 4 is 35.0 Å². The van der Waals surface area contributed by atoms with Crippen molar-refractivity contribution in [1.82, 2.24) is 15.5 Å². The Balaban J connectivity index is 1.29. The molecule has 188 valence electrons. The fourth-order valence-corrected chi connectivity index (χ4v) is 6.14. The summed E-state index contributed by atoms with van der Waals surface area (Å²) in [6.45, 7) is 3.84. The summed E-state index contributed by atoms with van der Waals surface area (Å²) in [7, 11) is 0. The van der Waals surface area contributed by atoms with Crippen LogP contribution in [0.4, 0.5) is 0 Å². The highest BCUT2D eigenvalue weighted by atomic mass is 35.5. The number of nitrogens with one attached hydrogen (secondary N) is 2. The number of carbonyl (C=O) groups excluding carboxylic acids is 2. The van der Waals surface area contributed by atoms with Gasteiger partial charge in [-0.1, -0.05) is 30.1 Å². The van der Waals surface area contributed by atoms with Crippen molar-refractivity contribution in [3.05, 3.63) is 28.2 Å². The van der Waals surface area contributed by atoms with Gasteiger partial charge < -0.3 is 20.5 Å². The number of nitrogens with zero attached hydrogens (tertiary/aromatic N) is 1. The van der Waals surface area contributed by atoms with Crippen LogP contribution in [0.25, 0.3) is 0 Å². The molecule has 0 radical (unpaired) electrons. The van der Waals surface area contributed by atoms with Gasteiger partial charge in [0.25, 0.3) is 5.91 Å². The van der Waals surface area contributed by atoms with Gasteiger partial charge in [-0.15, -0.1) is 0 Å². The number of likely N-dealkylation sites (tertiary alicyclic amines) is 1. The van der Waals surface area contributed by atoms with Gasteiger partial charge >= 0.3 is 0 Å². The average Bonchev–Trinajstić information content (AvgIpc) is 2.85. The molecule has 3 saturated carbocycles. The molecule has 1 aromatic rings. The highest BCUT2D eigenvalue weighted by Gasteiger charge is 2.50. The van der Waals surface area contributed by atoms with Crippen LogP contribution in [0.15, 0.2) is 18.2 Å². The Kier molecular flexibility index (Phi) is 7.97. The number of halogens is 2. The summed E-state index contributed by atoms with van der Waals surface area (Å²) in [5.74, 6) is 0.639. The second kappa shape index (κ2) is 10.6. The number of ether oxygens (including phenoxy) is 1. The second-order valence-electron chi connectivity index (χ2n) is 10.2. The molecular weight excluding hydrogens is 477 g/mol. The van der Waals surface area contributed by atoms with Crippen LogP contribution in [-0.4, -0.2) is 65.2 Å². The van der Waals surface area contributed by atoms with E-state index in [0.29, 0.717) is 22.2 Å². The SMILES string of the molecule is CCN1CCC(CO)CC1C(=O)NC12CCC(NC(=O)COc3ccc(Cl)c(Cl)c3)(CC1)CC2. The predicted octanol–water partition coefficient (Wildman–Crippen LogP) is 3.54. The molecule has 2 amide bonds. The lowest BCUT2D eigenvalue weighted by molar-refractivity contribution is -0.134. The summed E-state index contributed by atoms with van der Waals surface area (Å²) >= 11 is 11.9. The van der Waals surface area contributed by atoms with Gasteiger partial charge in [0.1, 0.15) is 5.75 Å². The molecule has 5 rings (SSSR count). The van der Waals surface area contributed by atoms with Crippen LogP contribution < -0.4 is 15.4 Å². The molecule has 3 N–H and O–H groups in total. The molecule has 1 aromatic carbocycles. The zero-order valence-corrected chi connectivity index (χ0v) is 21.3.